The molecule has 2 heterocycles. The first kappa shape index (κ1) is 12.6. The summed E-state index contributed by atoms with van der Waals surface area (Å²) in [5.41, 5.74) is 8.84. The van der Waals surface area contributed by atoms with Gasteiger partial charge in [-0.25, -0.2) is 9.97 Å². The first-order valence-electron chi connectivity index (χ1n) is 5.49. The van der Waals surface area contributed by atoms with Crippen LogP contribution in [0, 0.1) is 13.8 Å². The Balaban J connectivity index is 2.19. The largest absolute Gasteiger partial charge is 0.382 e. The maximum absolute atomic E-state index is 6.01. The Morgan fingerprint density at radius 3 is 2.72 bits per heavy atom. The van der Waals surface area contributed by atoms with Gasteiger partial charge in [0, 0.05) is 24.8 Å². The SMILES string of the molecule is Cc1nn(C)c(C)c1CNc1ncnc(N)c1Cl. The topological polar surface area (TPSA) is 81.7 Å². The number of nitrogens with zero attached hydrogens (tertiary/aromatic N) is 4. The predicted molar refractivity (Wildman–Crippen MR) is 71.5 cm³/mol. The van der Waals surface area contributed by atoms with Crippen LogP contribution in [-0.4, -0.2) is 19.7 Å². The molecule has 0 aliphatic rings. The number of nitrogen functional groups attached to an aromatic ring is 1. The number of nitrogens with two attached hydrogens (primary N) is 1. The molecule has 96 valence electrons. The average molecular weight is 267 g/mol. The van der Waals surface area contributed by atoms with Crippen LogP contribution in [0.3, 0.4) is 0 Å². The van der Waals surface area contributed by atoms with Crippen molar-refractivity contribution in [3.63, 3.8) is 0 Å². The molecule has 3 N–H and O–H groups in total. The molecular weight excluding hydrogens is 252 g/mol. The molecule has 0 bridgehead atoms. The van der Waals surface area contributed by atoms with E-state index in [1.54, 1.807) is 0 Å². The number of halogens is 1. The minimum Gasteiger partial charge on any atom is -0.382 e. The van der Waals surface area contributed by atoms with Crippen LogP contribution in [0.4, 0.5) is 11.6 Å². The molecule has 0 atom stereocenters. The van der Waals surface area contributed by atoms with Crippen LogP contribution in [0.5, 0.6) is 0 Å². The lowest BCUT2D eigenvalue weighted by Crippen LogP contribution is -2.06. The van der Waals surface area contributed by atoms with Crippen molar-refractivity contribution in [2.24, 2.45) is 7.05 Å². The monoisotopic (exact) mass is 266 g/mol. The molecular formula is C11H15ClN6. The van der Waals surface area contributed by atoms with Gasteiger partial charge in [-0.3, -0.25) is 4.68 Å². The summed E-state index contributed by atoms with van der Waals surface area (Å²) in [4.78, 5) is 7.87. The van der Waals surface area contributed by atoms with Crippen LogP contribution in [0.1, 0.15) is 17.0 Å². The summed E-state index contributed by atoms with van der Waals surface area (Å²) >= 11 is 6.01. The minimum atomic E-state index is 0.272. The van der Waals surface area contributed by atoms with E-state index in [-0.39, 0.29) is 5.82 Å². The van der Waals surface area contributed by atoms with Gasteiger partial charge in [0.1, 0.15) is 17.2 Å². The fraction of sp³-hybridized carbons (Fsp3) is 0.364. The fourth-order valence-electron chi connectivity index (χ4n) is 1.75. The van der Waals surface area contributed by atoms with Gasteiger partial charge >= 0.3 is 0 Å². The van der Waals surface area contributed by atoms with Gasteiger partial charge in [-0.15, -0.1) is 0 Å². The maximum Gasteiger partial charge on any atom is 0.150 e. The third-order valence-electron chi connectivity index (χ3n) is 2.91. The summed E-state index contributed by atoms with van der Waals surface area (Å²) < 4.78 is 1.85. The molecule has 18 heavy (non-hydrogen) atoms. The lowest BCUT2D eigenvalue weighted by Gasteiger charge is -2.08. The molecule has 2 rings (SSSR count). The van der Waals surface area contributed by atoms with Crippen molar-refractivity contribution in [3.05, 3.63) is 28.3 Å². The van der Waals surface area contributed by atoms with Crippen LogP contribution >= 0.6 is 11.6 Å². The highest BCUT2D eigenvalue weighted by Gasteiger charge is 2.11. The Morgan fingerprint density at radius 2 is 2.11 bits per heavy atom. The summed E-state index contributed by atoms with van der Waals surface area (Å²) in [6, 6.07) is 0. The van der Waals surface area contributed by atoms with Crippen LogP contribution < -0.4 is 11.1 Å². The molecule has 0 unspecified atom stereocenters. The van der Waals surface area contributed by atoms with E-state index in [0.717, 1.165) is 17.0 Å². The third kappa shape index (κ3) is 2.24. The first-order valence-corrected chi connectivity index (χ1v) is 5.87. The number of anilines is 2. The van der Waals surface area contributed by atoms with Gasteiger partial charge in [0.2, 0.25) is 0 Å². The molecule has 0 fully saturated rings. The van der Waals surface area contributed by atoms with E-state index in [9.17, 15) is 0 Å². The van der Waals surface area contributed by atoms with Crippen LogP contribution in [0.2, 0.25) is 5.02 Å². The van der Waals surface area contributed by atoms with Gasteiger partial charge < -0.3 is 11.1 Å². The van der Waals surface area contributed by atoms with Crippen LogP contribution in [0.15, 0.2) is 6.33 Å². The lowest BCUT2D eigenvalue weighted by atomic mass is 10.2. The molecule has 0 aliphatic heterocycles. The van der Waals surface area contributed by atoms with Crippen molar-refractivity contribution >= 4 is 23.2 Å². The fourth-order valence-corrected chi connectivity index (χ4v) is 1.92. The Morgan fingerprint density at radius 1 is 1.39 bits per heavy atom. The van der Waals surface area contributed by atoms with Crippen LogP contribution in [0.25, 0.3) is 0 Å². The molecule has 0 aliphatic carbocycles. The van der Waals surface area contributed by atoms with Gasteiger partial charge in [0.15, 0.2) is 5.82 Å². The highest BCUT2D eigenvalue weighted by Crippen LogP contribution is 2.24. The van der Waals surface area contributed by atoms with Crippen molar-refractivity contribution in [2.75, 3.05) is 11.1 Å². The Kier molecular flexibility index (Phi) is 3.38. The van der Waals surface area contributed by atoms with E-state index in [1.165, 1.54) is 6.33 Å². The molecule has 0 saturated heterocycles. The highest BCUT2D eigenvalue weighted by atomic mass is 35.5. The Hall–Kier alpha value is -1.82. The lowest BCUT2D eigenvalue weighted by molar-refractivity contribution is 0.730. The molecule has 0 saturated carbocycles. The molecule has 2 aromatic heterocycles. The van der Waals surface area contributed by atoms with E-state index < -0.39 is 0 Å². The zero-order valence-electron chi connectivity index (χ0n) is 10.5. The summed E-state index contributed by atoms with van der Waals surface area (Å²) in [5, 5.41) is 7.84. The second-order valence-electron chi connectivity index (χ2n) is 4.05. The van der Waals surface area contributed by atoms with E-state index >= 15 is 0 Å². The average Bonchev–Trinajstić information content (AvgIpc) is 2.56. The summed E-state index contributed by atoms with van der Waals surface area (Å²) in [6.45, 7) is 4.59. The maximum atomic E-state index is 6.01. The number of hydrogen-bond acceptors (Lipinski definition) is 5. The first-order chi connectivity index (χ1) is 8.50. The van der Waals surface area contributed by atoms with Crippen molar-refractivity contribution < 1.29 is 0 Å². The number of nitrogens with one attached hydrogen (secondary N) is 1. The molecule has 0 radical (unpaired) electrons. The third-order valence-corrected chi connectivity index (χ3v) is 3.28. The van der Waals surface area contributed by atoms with Gasteiger partial charge in [-0.2, -0.15) is 5.10 Å². The second kappa shape index (κ2) is 4.81. The van der Waals surface area contributed by atoms with Gasteiger partial charge in [0.25, 0.3) is 0 Å². The van der Waals surface area contributed by atoms with Gasteiger partial charge in [-0.05, 0) is 13.8 Å². The quantitative estimate of drug-likeness (QED) is 0.883. The zero-order valence-corrected chi connectivity index (χ0v) is 11.3. The van der Waals surface area contributed by atoms with Gasteiger partial charge in [0.05, 0.1) is 5.69 Å². The molecule has 2 aromatic rings. The molecule has 0 aromatic carbocycles. The van der Waals surface area contributed by atoms with E-state index in [0.29, 0.717) is 17.4 Å². The zero-order chi connectivity index (χ0) is 13.3. The van der Waals surface area contributed by atoms with Crippen molar-refractivity contribution in [2.45, 2.75) is 20.4 Å². The highest BCUT2D eigenvalue weighted by molar-refractivity contribution is 6.35. The Labute approximate surface area is 110 Å². The summed E-state index contributed by atoms with van der Waals surface area (Å²) in [7, 11) is 1.92. The number of aromatic nitrogens is 4. The minimum absolute atomic E-state index is 0.272. The Bertz CT molecular complexity index is 577. The predicted octanol–water partition coefficient (Wildman–Crippen LogP) is 1.67. The van der Waals surface area contributed by atoms with E-state index in [4.69, 9.17) is 17.3 Å². The standard InChI is InChI=1S/C11H15ClN6/c1-6-8(7(2)18(3)17-6)4-14-11-9(12)10(13)15-5-16-11/h5H,4H2,1-3H3,(H3,13,14,15,16). The van der Waals surface area contributed by atoms with Crippen molar-refractivity contribution in [3.8, 4) is 0 Å². The molecule has 0 spiro atoms. The number of hydrogen-bond donors (Lipinski definition) is 2. The molecule has 6 nitrogen and oxygen atoms in total. The smallest absolute Gasteiger partial charge is 0.150 e. The number of rotatable bonds is 3. The van der Waals surface area contributed by atoms with E-state index in [2.05, 4.69) is 20.4 Å². The second-order valence-corrected chi connectivity index (χ2v) is 4.43. The molecule has 0 amide bonds. The summed E-state index contributed by atoms with van der Waals surface area (Å²) in [6.07, 6.45) is 1.38. The van der Waals surface area contributed by atoms with Gasteiger partial charge in [-0.1, -0.05) is 11.6 Å². The van der Waals surface area contributed by atoms with Crippen molar-refractivity contribution in [1.29, 1.82) is 0 Å². The molecule has 7 heteroatoms. The van der Waals surface area contributed by atoms with Crippen LogP contribution in [-0.2, 0) is 13.6 Å². The van der Waals surface area contributed by atoms with Crippen molar-refractivity contribution in [1.82, 2.24) is 19.7 Å². The normalized spacial score (nSPS) is 10.7. The number of aryl methyl sites for hydroxylation is 2. The summed E-state index contributed by atoms with van der Waals surface area (Å²) in [5.74, 6) is 0.806. The van der Waals surface area contributed by atoms with E-state index in [1.807, 2.05) is 25.6 Å².